The Bertz CT molecular complexity index is 592. The summed E-state index contributed by atoms with van der Waals surface area (Å²) in [6.45, 7) is 12.6. The zero-order valence-electron chi connectivity index (χ0n) is 11.5. The molecule has 19 heavy (non-hydrogen) atoms. The molecule has 3 atom stereocenters. The molecule has 4 aliphatic carbocycles. The van der Waals surface area contributed by atoms with E-state index in [1.165, 1.54) is 11.1 Å². The average molecular weight is 250 g/mol. The molecular formula is C17H18N2. The van der Waals surface area contributed by atoms with Gasteiger partial charge in [0.2, 0.25) is 0 Å². The zero-order chi connectivity index (χ0) is 14.0. The van der Waals surface area contributed by atoms with Gasteiger partial charge in [0.05, 0.1) is 12.1 Å². The van der Waals surface area contributed by atoms with E-state index in [1.54, 1.807) is 6.08 Å². The largest absolute Gasteiger partial charge is 0.196 e. The quantitative estimate of drug-likeness (QED) is 0.665. The summed E-state index contributed by atoms with van der Waals surface area (Å²) < 4.78 is 0. The van der Waals surface area contributed by atoms with Gasteiger partial charge in [0.15, 0.2) is 5.41 Å². The summed E-state index contributed by atoms with van der Waals surface area (Å²) in [5, 5.41) is 19.3. The van der Waals surface area contributed by atoms with E-state index in [0.717, 1.165) is 18.4 Å². The normalized spacial score (nSPS) is 36.8. The molecule has 2 heteroatoms. The van der Waals surface area contributed by atoms with Gasteiger partial charge in [0, 0.05) is 5.92 Å². The molecule has 0 unspecified atom stereocenters. The summed E-state index contributed by atoms with van der Waals surface area (Å²) in [5.41, 5.74) is 2.58. The molecule has 2 nitrogen and oxygen atoms in total. The van der Waals surface area contributed by atoms with Crippen LogP contribution in [0.4, 0.5) is 0 Å². The predicted molar refractivity (Wildman–Crippen MR) is 73.5 cm³/mol. The fraction of sp³-hybridized carbons (Fsp3) is 0.529. The van der Waals surface area contributed by atoms with Gasteiger partial charge in [0.25, 0.3) is 0 Å². The van der Waals surface area contributed by atoms with Gasteiger partial charge in [-0.25, -0.2) is 0 Å². The molecule has 1 fully saturated rings. The third kappa shape index (κ3) is 1.11. The standard InChI is InChI=1S/C17H18N2/c1-5-11-6-12-10(2)13-7-14(16(13,3)4)15(12)17(11,8-18)9-19/h5,11,13-14H,1-2,6-7H2,3-4H3/t11-,13+,14-/m1/s1. The van der Waals surface area contributed by atoms with Crippen molar-refractivity contribution in [3.05, 3.63) is 36.0 Å². The van der Waals surface area contributed by atoms with Crippen LogP contribution in [0.3, 0.4) is 0 Å². The minimum absolute atomic E-state index is 0.0839. The summed E-state index contributed by atoms with van der Waals surface area (Å²) >= 11 is 0. The number of nitriles is 2. The lowest BCUT2D eigenvalue weighted by Crippen LogP contribution is -2.52. The van der Waals surface area contributed by atoms with Crippen molar-refractivity contribution in [2.24, 2.45) is 28.6 Å². The Balaban J connectivity index is 2.23. The molecule has 2 bridgehead atoms. The van der Waals surface area contributed by atoms with E-state index in [4.69, 9.17) is 0 Å². The highest BCUT2D eigenvalue weighted by Gasteiger charge is 2.63. The lowest BCUT2D eigenvalue weighted by atomic mass is 9.44. The van der Waals surface area contributed by atoms with Gasteiger partial charge in [-0.15, -0.1) is 6.58 Å². The first kappa shape index (κ1) is 12.2. The maximum Gasteiger partial charge on any atom is 0.172 e. The van der Waals surface area contributed by atoms with Gasteiger partial charge in [-0.1, -0.05) is 26.5 Å². The average Bonchev–Trinajstić information content (AvgIpc) is 2.73. The summed E-state index contributed by atoms with van der Waals surface area (Å²) in [7, 11) is 0. The van der Waals surface area contributed by atoms with Crippen LogP contribution in [0.15, 0.2) is 36.0 Å². The van der Waals surface area contributed by atoms with Crippen molar-refractivity contribution in [1.82, 2.24) is 0 Å². The molecular weight excluding hydrogens is 232 g/mol. The Hall–Kier alpha value is -1.80. The van der Waals surface area contributed by atoms with E-state index in [1.807, 2.05) is 0 Å². The molecule has 0 saturated heterocycles. The SMILES string of the molecule is C=C[C@@H]1CC2=C([C@H]3C[C@@H](C2=C)C3(C)C)C1(C#N)C#N. The smallest absolute Gasteiger partial charge is 0.172 e. The van der Waals surface area contributed by atoms with Crippen molar-refractivity contribution in [3.63, 3.8) is 0 Å². The molecule has 0 aromatic rings. The topological polar surface area (TPSA) is 47.6 Å². The van der Waals surface area contributed by atoms with Crippen LogP contribution in [0.1, 0.15) is 26.7 Å². The predicted octanol–water partition coefficient (Wildman–Crippen LogP) is 3.75. The van der Waals surface area contributed by atoms with Gasteiger partial charge in [-0.05, 0) is 46.8 Å². The summed E-state index contributed by atoms with van der Waals surface area (Å²) in [5.74, 6) is 0.802. The van der Waals surface area contributed by atoms with E-state index >= 15 is 0 Å². The Morgan fingerprint density at radius 3 is 2.37 bits per heavy atom. The molecule has 0 N–H and O–H groups in total. The highest BCUT2D eigenvalue weighted by Crippen LogP contribution is 2.70. The third-order valence-corrected chi connectivity index (χ3v) is 5.79. The van der Waals surface area contributed by atoms with Crippen molar-refractivity contribution >= 4 is 0 Å². The van der Waals surface area contributed by atoms with E-state index in [2.05, 4.69) is 39.1 Å². The Morgan fingerprint density at radius 1 is 1.26 bits per heavy atom. The van der Waals surface area contributed by atoms with Crippen molar-refractivity contribution in [1.29, 1.82) is 10.5 Å². The van der Waals surface area contributed by atoms with Crippen LogP contribution in [0.25, 0.3) is 0 Å². The molecule has 0 aromatic heterocycles. The summed E-state index contributed by atoms with van der Waals surface area (Å²) in [6, 6.07) is 4.62. The minimum Gasteiger partial charge on any atom is -0.196 e. The number of nitrogens with zero attached hydrogens (tertiary/aromatic N) is 2. The van der Waals surface area contributed by atoms with Crippen LogP contribution in [0.2, 0.25) is 0 Å². The molecule has 0 radical (unpaired) electrons. The lowest BCUT2D eigenvalue weighted by molar-refractivity contribution is 0.0147. The third-order valence-electron chi connectivity index (χ3n) is 5.79. The molecule has 0 spiro atoms. The minimum atomic E-state index is -1.01. The maximum absolute atomic E-state index is 9.66. The van der Waals surface area contributed by atoms with Crippen molar-refractivity contribution in [3.8, 4) is 12.1 Å². The maximum atomic E-state index is 9.66. The van der Waals surface area contributed by atoms with Crippen LogP contribution >= 0.6 is 0 Å². The summed E-state index contributed by atoms with van der Waals surface area (Å²) in [6.07, 6.45) is 3.60. The van der Waals surface area contributed by atoms with Crippen molar-refractivity contribution < 1.29 is 0 Å². The monoisotopic (exact) mass is 250 g/mol. The second kappa shape index (κ2) is 3.40. The highest BCUT2D eigenvalue weighted by atomic mass is 14.7. The molecule has 1 saturated carbocycles. The Kier molecular flexibility index (Phi) is 2.19. The van der Waals surface area contributed by atoms with E-state index in [0.29, 0.717) is 11.8 Å². The van der Waals surface area contributed by atoms with Crippen LogP contribution in [-0.4, -0.2) is 0 Å². The van der Waals surface area contributed by atoms with Crippen LogP contribution in [0, 0.1) is 51.2 Å². The van der Waals surface area contributed by atoms with Gasteiger partial charge in [-0.2, -0.15) is 10.5 Å². The van der Waals surface area contributed by atoms with Crippen LogP contribution in [-0.2, 0) is 0 Å². The van der Waals surface area contributed by atoms with Crippen LogP contribution < -0.4 is 0 Å². The molecule has 0 aliphatic heterocycles. The molecule has 96 valence electrons. The van der Waals surface area contributed by atoms with Gasteiger partial charge >= 0.3 is 0 Å². The van der Waals surface area contributed by atoms with Crippen molar-refractivity contribution in [2.45, 2.75) is 26.7 Å². The zero-order valence-corrected chi connectivity index (χ0v) is 11.5. The summed E-state index contributed by atoms with van der Waals surface area (Å²) in [4.78, 5) is 0. The number of hydrogen-bond acceptors (Lipinski definition) is 2. The first-order valence-electron chi connectivity index (χ1n) is 6.81. The second-order valence-electron chi connectivity index (χ2n) is 6.66. The molecule has 4 aliphatic rings. The number of rotatable bonds is 1. The van der Waals surface area contributed by atoms with E-state index in [9.17, 15) is 10.5 Å². The first-order chi connectivity index (χ1) is 8.94. The second-order valence-corrected chi connectivity index (χ2v) is 6.66. The lowest BCUT2D eigenvalue weighted by Gasteiger charge is -2.59. The van der Waals surface area contributed by atoms with Crippen molar-refractivity contribution in [2.75, 3.05) is 0 Å². The van der Waals surface area contributed by atoms with Crippen LogP contribution in [0.5, 0.6) is 0 Å². The fourth-order valence-corrected chi connectivity index (χ4v) is 4.50. The Labute approximate surface area is 114 Å². The van der Waals surface area contributed by atoms with E-state index in [-0.39, 0.29) is 11.3 Å². The van der Waals surface area contributed by atoms with Gasteiger partial charge in [0.1, 0.15) is 0 Å². The van der Waals surface area contributed by atoms with Gasteiger partial charge < -0.3 is 0 Å². The molecule has 0 heterocycles. The van der Waals surface area contributed by atoms with E-state index < -0.39 is 5.41 Å². The molecule has 4 rings (SSSR count). The first-order valence-corrected chi connectivity index (χ1v) is 6.81. The molecule has 0 aromatic carbocycles. The number of allylic oxidation sites excluding steroid dienone is 4. The van der Waals surface area contributed by atoms with Gasteiger partial charge in [-0.3, -0.25) is 0 Å². The number of hydrogen-bond donors (Lipinski definition) is 0. The Morgan fingerprint density at radius 2 is 1.89 bits per heavy atom. The highest BCUT2D eigenvalue weighted by molar-refractivity contribution is 5.58. The fourth-order valence-electron chi connectivity index (χ4n) is 4.50. The molecule has 0 amide bonds.